The molecule has 6 nitrogen and oxygen atoms in total. The molecule has 0 bridgehead atoms. The van der Waals surface area contributed by atoms with E-state index in [1.807, 2.05) is 6.08 Å². The minimum Gasteiger partial charge on any atom is -0.391 e. The van der Waals surface area contributed by atoms with Crippen molar-refractivity contribution in [2.24, 2.45) is 20.4 Å². The molecule has 3 aliphatic rings. The zero-order chi connectivity index (χ0) is 11.7. The number of β-amino-alcohol motifs (C(OH)–C–C–N with tert-alkyl or cyclic N) is 1. The van der Waals surface area contributed by atoms with Crippen LogP contribution in [0.25, 0.3) is 0 Å². The number of allylic oxidation sites excluding steroid dienone is 2. The Kier molecular flexibility index (Phi) is 2.56. The first kappa shape index (κ1) is 10.3. The molecular formula is C11H13N5O. The van der Waals surface area contributed by atoms with Crippen LogP contribution in [0.2, 0.25) is 0 Å². The SMILES string of the molecule is OC1CCCN(C2=CC(=C3C=NN=C3)N=N2)C1. The number of hydrogen-bond acceptors (Lipinski definition) is 6. The maximum absolute atomic E-state index is 9.62. The minimum absolute atomic E-state index is 0.258. The zero-order valence-electron chi connectivity index (χ0n) is 9.32. The summed E-state index contributed by atoms with van der Waals surface area (Å²) in [5, 5.41) is 25.4. The summed E-state index contributed by atoms with van der Waals surface area (Å²) >= 11 is 0. The van der Waals surface area contributed by atoms with Gasteiger partial charge >= 0.3 is 0 Å². The summed E-state index contributed by atoms with van der Waals surface area (Å²) in [6.07, 6.45) is 6.84. The van der Waals surface area contributed by atoms with Gasteiger partial charge in [0, 0.05) is 24.7 Å². The Bertz CT molecular complexity index is 460. The molecule has 6 heteroatoms. The predicted octanol–water partition coefficient (Wildman–Crippen LogP) is 1.07. The summed E-state index contributed by atoms with van der Waals surface area (Å²) in [5.41, 5.74) is 1.66. The van der Waals surface area contributed by atoms with Gasteiger partial charge in [-0.3, -0.25) is 0 Å². The molecule has 0 aromatic heterocycles. The largest absolute Gasteiger partial charge is 0.391 e. The first-order valence-electron chi connectivity index (χ1n) is 5.70. The molecule has 0 aromatic rings. The van der Waals surface area contributed by atoms with E-state index >= 15 is 0 Å². The van der Waals surface area contributed by atoms with Crippen LogP contribution in [-0.2, 0) is 0 Å². The zero-order valence-corrected chi connectivity index (χ0v) is 9.32. The highest BCUT2D eigenvalue weighted by Crippen LogP contribution is 2.24. The molecule has 3 heterocycles. The molecule has 3 rings (SSSR count). The van der Waals surface area contributed by atoms with Crippen molar-refractivity contribution >= 4 is 12.4 Å². The average Bonchev–Trinajstić information content (AvgIpc) is 3.00. The third-order valence-corrected chi connectivity index (χ3v) is 3.00. The Labute approximate surface area is 98.8 Å². The summed E-state index contributed by atoms with van der Waals surface area (Å²) < 4.78 is 0. The van der Waals surface area contributed by atoms with Gasteiger partial charge in [0.05, 0.1) is 24.2 Å². The second-order valence-corrected chi connectivity index (χ2v) is 4.27. The summed E-state index contributed by atoms with van der Waals surface area (Å²) in [4.78, 5) is 2.06. The highest BCUT2D eigenvalue weighted by atomic mass is 16.3. The van der Waals surface area contributed by atoms with E-state index in [-0.39, 0.29) is 6.10 Å². The van der Waals surface area contributed by atoms with Crippen LogP contribution in [0.3, 0.4) is 0 Å². The van der Waals surface area contributed by atoms with Crippen molar-refractivity contribution in [3.8, 4) is 0 Å². The maximum atomic E-state index is 9.62. The molecule has 0 aliphatic carbocycles. The molecule has 0 radical (unpaired) electrons. The number of rotatable bonds is 1. The smallest absolute Gasteiger partial charge is 0.153 e. The van der Waals surface area contributed by atoms with E-state index in [0.717, 1.165) is 36.5 Å². The number of likely N-dealkylation sites (tertiary alicyclic amines) is 1. The summed E-state index contributed by atoms with van der Waals surface area (Å²) in [6.45, 7) is 1.56. The van der Waals surface area contributed by atoms with E-state index in [4.69, 9.17) is 0 Å². The van der Waals surface area contributed by atoms with Crippen molar-refractivity contribution in [3.63, 3.8) is 0 Å². The number of piperidine rings is 1. The lowest BCUT2D eigenvalue weighted by Gasteiger charge is -2.30. The fraction of sp³-hybridized carbons (Fsp3) is 0.455. The molecule has 1 N–H and O–H groups in total. The van der Waals surface area contributed by atoms with Crippen LogP contribution in [0, 0.1) is 0 Å². The normalized spacial score (nSPS) is 27.2. The van der Waals surface area contributed by atoms with Crippen molar-refractivity contribution in [1.29, 1.82) is 0 Å². The van der Waals surface area contributed by atoms with Crippen LogP contribution in [0.15, 0.2) is 43.6 Å². The maximum Gasteiger partial charge on any atom is 0.153 e. The van der Waals surface area contributed by atoms with E-state index < -0.39 is 0 Å². The highest BCUT2D eigenvalue weighted by molar-refractivity contribution is 6.07. The van der Waals surface area contributed by atoms with Gasteiger partial charge in [-0.05, 0) is 12.8 Å². The average molecular weight is 231 g/mol. The van der Waals surface area contributed by atoms with Crippen molar-refractivity contribution < 1.29 is 5.11 Å². The molecule has 1 unspecified atom stereocenters. The third kappa shape index (κ3) is 2.03. The number of nitrogens with zero attached hydrogens (tertiary/aromatic N) is 5. The number of azo groups is 1. The number of hydrogen-bond donors (Lipinski definition) is 1. The Morgan fingerprint density at radius 1 is 1.24 bits per heavy atom. The van der Waals surface area contributed by atoms with Crippen molar-refractivity contribution in [2.45, 2.75) is 18.9 Å². The highest BCUT2D eigenvalue weighted by Gasteiger charge is 2.22. The molecule has 0 amide bonds. The van der Waals surface area contributed by atoms with E-state index in [1.165, 1.54) is 0 Å². The lowest BCUT2D eigenvalue weighted by Crippen LogP contribution is -2.36. The molecule has 3 aliphatic heterocycles. The Morgan fingerprint density at radius 2 is 2.06 bits per heavy atom. The molecule has 17 heavy (non-hydrogen) atoms. The third-order valence-electron chi connectivity index (χ3n) is 3.00. The van der Waals surface area contributed by atoms with Crippen LogP contribution in [0.1, 0.15) is 12.8 Å². The Balaban J connectivity index is 1.80. The quantitative estimate of drug-likeness (QED) is 0.733. The van der Waals surface area contributed by atoms with Crippen LogP contribution >= 0.6 is 0 Å². The molecule has 88 valence electrons. The second kappa shape index (κ2) is 4.21. The van der Waals surface area contributed by atoms with Gasteiger partial charge in [-0.1, -0.05) is 0 Å². The van der Waals surface area contributed by atoms with E-state index in [0.29, 0.717) is 6.54 Å². The number of aliphatic hydroxyl groups is 1. The summed E-state index contributed by atoms with van der Waals surface area (Å²) in [5.74, 6) is 0.819. The Morgan fingerprint density at radius 3 is 2.82 bits per heavy atom. The van der Waals surface area contributed by atoms with Gasteiger partial charge in [0.1, 0.15) is 0 Å². The monoisotopic (exact) mass is 231 g/mol. The van der Waals surface area contributed by atoms with Gasteiger partial charge in [0.2, 0.25) is 0 Å². The topological polar surface area (TPSA) is 72.9 Å². The molecule has 1 atom stereocenters. The van der Waals surface area contributed by atoms with Gasteiger partial charge in [-0.2, -0.15) is 10.2 Å². The first-order valence-corrected chi connectivity index (χ1v) is 5.70. The van der Waals surface area contributed by atoms with Gasteiger partial charge in [-0.15, -0.1) is 10.2 Å². The molecule has 1 fully saturated rings. The number of aliphatic hydroxyl groups excluding tert-OH is 1. The molecule has 1 saturated heterocycles. The molecule has 0 saturated carbocycles. The fourth-order valence-electron chi connectivity index (χ4n) is 2.10. The standard InChI is InChI=1S/C11H13N5O/c17-9-2-1-3-16(7-9)11-4-10(14-15-11)8-5-12-13-6-8/h4-6,9,17H,1-3,7H2. The van der Waals surface area contributed by atoms with Crippen molar-refractivity contribution in [1.82, 2.24) is 4.90 Å². The van der Waals surface area contributed by atoms with Crippen LogP contribution in [-0.4, -0.2) is 41.6 Å². The molecule has 0 aromatic carbocycles. The van der Waals surface area contributed by atoms with E-state index in [9.17, 15) is 5.11 Å². The van der Waals surface area contributed by atoms with E-state index in [2.05, 4.69) is 25.3 Å². The lowest BCUT2D eigenvalue weighted by molar-refractivity contribution is 0.0873. The molecular weight excluding hydrogens is 218 g/mol. The van der Waals surface area contributed by atoms with Crippen LogP contribution in [0.5, 0.6) is 0 Å². The van der Waals surface area contributed by atoms with Crippen LogP contribution < -0.4 is 0 Å². The van der Waals surface area contributed by atoms with E-state index in [1.54, 1.807) is 12.4 Å². The Hall–Kier alpha value is -1.82. The summed E-state index contributed by atoms with van der Waals surface area (Å²) in [6, 6.07) is 0. The van der Waals surface area contributed by atoms with Crippen molar-refractivity contribution in [3.05, 3.63) is 23.2 Å². The van der Waals surface area contributed by atoms with Crippen LogP contribution in [0.4, 0.5) is 0 Å². The van der Waals surface area contributed by atoms with Gasteiger partial charge in [-0.25, -0.2) is 0 Å². The van der Waals surface area contributed by atoms with Gasteiger partial charge in [0.25, 0.3) is 0 Å². The first-order chi connectivity index (χ1) is 8.33. The fourth-order valence-corrected chi connectivity index (χ4v) is 2.10. The van der Waals surface area contributed by atoms with Gasteiger partial charge < -0.3 is 10.0 Å². The second-order valence-electron chi connectivity index (χ2n) is 4.27. The lowest BCUT2D eigenvalue weighted by atomic mass is 10.1. The predicted molar refractivity (Wildman–Crippen MR) is 63.8 cm³/mol. The molecule has 0 spiro atoms. The van der Waals surface area contributed by atoms with Gasteiger partial charge in [0.15, 0.2) is 5.82 Å². The van der Waals surface area contributed by atoms with Crippen molar-refractivity contribution in [2.75, 3.05) is 13.1 Å². The minimum atomic E-state index is -0.258. The summed E-state index contributed by atoms with van der Waals surface area (Å²) in [7, 11) is 0.